The van der Waals surface area contributed by atoms with Crippen molar-refractivity contribution in [2.24, 2.45) is 10.9 Å². The number of oxime groups is 1. The van der Waals surface area contributed by atoms with E-state index in [-0.39, 0.29) is 36.4 Å². The summed E-state index contributed by atoms with van der Waals surface area (Å²) in [4.78, 5) is 38.2. The third kappa shape index (κ3) is 5.54. The van der Waals surface area contributed by atoms with Crippen LogP contribution in [0.1, 0.15) is 18.4 Å². The molecule has 1 atom stereocenters. The highest BCUT2D eigenvalue weighted by atomic mass is 19.1. The van der Waals surface area contributed by atoms with Gasteiger partial charge >= 0.3 is 12.1 Å². The maximum absolute atomic E-state index is 14.9. The minimum atomic E-state index is -0.949. The minimum Gasteiger partial charge on any atom is -0.459 e. The summed E-state index contributed by atoms with van der Waals surface area (Å²) in [5, 5.41) is 13.0. The highest BCUT2D eigenvalue weighted by molar-refractivity contribution is 5.98. The van der Waals surface area contributed by atoms with E-state index in [2.05, 4.69) is 15.1 Å². The number of amides is 1. The first kappa shape index (κ1) is 22.9. The molecule has 4 rings (SSSR count). The Balaban J connectivity index is 1.31. The standard InChI is InChI=1S/C21H22FN7O5/c22-18-12(10-32-21(31)27-19(23)24)2-1-3-16(18)13-6-25-20(26-7-13)29-8-14(9-29)28-33-11-15-4-5-17(30)34-15/h1-3,6-7,15H,4-5,8-11H2,(H4,23,24,27,31). The SMILES string of the molecule is N=C(N)NC(=O)OCc1cccc(-c2cnc(N3CC(=NOCC4CCC(=O)O4)C3)nc2)c1F. The number of guanidine groups is 1. The van der Waals surface area contributed by atoms with Gasteiger partial charge in [0.15, 0.2) is 12.6 Å². The van der Waals surface area contributed by atoms with E-state index in [4.69, 9.17) is 25.5 Å². The molecule has 0 saturated carbocycles. The van der Waals surface area contributed by atoms with Crippen molar-refractivity contribution in [1.29, 1.82) is 5.41 Å². The summed E-state index contributed by atoms with van der Waals surface area (Å²) in [7, 11) is 0. The molecule has 3 heterocycles. The van der Waals surface area contributed by atoms with Crippen LogP contribution in [0.4, 0.5) is 15.1 Å². The van der Waals surface area contributed by atoms with Crippen molar-refractivity contribution in [3.63, 3.8) is 0 Å². The largest absolute Gasteiger partial charge is 0.459 e. The lowest BCUT2D eigenvalue weighted by molar-refractivity contribution is -0.143. The van der Waals surface area contributed by atoms with Crippen LogP contribution in [0.5, 0.6) is 0 Å². The van der Waals surface area contributed by atoms with Crippen LogP contribution in [0.2, 0.25) is 0 Å². The number of cyclic esters (lactones) is 1. The van der Waals surface area contributed by atoms with Crippen molar-refractivity contribution in [3.05, 3.63) is 42.0 Å². The molecule has 2 aliphatic rings. The van der Waals surface area contributed by atoms with E-state index in [1.807, 2.05) is 10.2 Å². The van der Waals surface area contributed by atoms with Crippen molar-refractivity contribution >= 4 is 29.7 Å². The van der Waals surface area contributed by atoms with E-state index in [9.17, 15) is 14.0 Å². The molecular weight excluding hydrogens is 449 g/mol. The number of nitrogens with zero attached hydrogens (tertiary/aromatic N) is 4. The van der Waals surface area contributed by atoms with Gasteiger partial charge in [0, 0.05) is 35.5 Å². The van der Waals surface area contributed by atoms with Crippen molar-refractivity contribution in [3.8, 4) is 11.1 Å². The second-order valence-corrected chi connectivity index (χ2v) is 7.63. The van der Waals surface area contributed by atoms with Gasteiger partial charge in [-0.1, -0.05) is 23.4 Å². The summed E-state index contributed by atoms with van der Waals surface area (Å²) < 4.78 is 24.8. The zero-order valence-corrected chi connectivity index (χ0v) is 18.0. The summed E-state index contributed by atoms with van der Waals surface area (Å²) >= 11 is 0. The first-order valence-corrected chi connectivity index (χ1v) is 10.4. The normalized spacial score (nSPS) is 17.0. The van der Waals surface area contributed by atoms with Crippen LogP contribution >= 0.6 is 0 Å². The van der Waals surface area contributed by atoms with Crippen molar-refractivity contribution in [2.45, 2.75) is 25.6 Å². The van der Waals surface area contributed by atoms with Crippen molar-refractivity contribution < 1.29 is 28.3 Å². The molecule has 34 heavy (non-hydrogen) atoms. The second kappa shape index (κ2) is 10.1. The lowest BCUT2D eigenvalue weighted by Gasteiger charge is -2.31. The van der Waals surface area contributed by atoms with E-state index in [0.717, 1.165) is 5.71 Å². The van der Waals surface area contributed by atoms with E-state index >= 15 is 0 Å². The third-order valence-electron chi connectivity index (χ3n) is 5.08. The molecule has 1 amide bonds. The minimum absolute atomic E-state index is 0.149. The topological polar surface area (TPSA) is 165 Å². The van der Waals surface area contributed by atoms with Gasteiger partial charge in [-0.2, -0.15) is 0 Å². The maximum Gasteiger partial charge on any atom is 0.414 e. The molecule has 13 heteroatoms. The maximum atomic E-state index is 14.9. The number of rotatable bonds is 7. The number of hydrogen-bond donors (Lipinski definition) is 3. The fourth-order valence-corrected chi connectivity index (χ4v) is 3.33. The first-order chi connectivity index (χ1) is 16.4. The van der Waals surface area contributed by atoms with Crippen LogP contribution in [0.15, 0.2) is 35.7 Å². The summed E-state index contributed by atoms with van der Waals surface area (Å²) in [6, 6.07) is 4.67. The predicted molar refractivity (Wildman–Crippen MR) is 117 cm³/mol. The molecule has 12 nitrogen and oxygen atoms in total. The van der Waals surface area contributed by atoms with Crippen LogP contribution < -0.4 is 16.0 Å². The monoisotopic (exact) mass is 471 g/mol. The third-order valence-corrected chi connectivity index (χ3v) is 5.08. The molecular formula is C21H22FN7O5. The summed E-state index contributed by atoms with van der Waals surface area (Å²) in [5.74, 6) is -0.888. The van der Waals surface area contributed by atoms with E-state index in [1.165, 1.54) is 18.5 Å². The number of aromatic nitrogens is 2. The molecule has 2 aromatic rings. The van der Waals surface area contributed by atoms with Crippen LogP contribution in [-0.2, 0) is 25.7 Å². The van der Waals surface area contributed by atoms with Gasteiger partial charge in [0.25, 0.3) is 0 Å². The predicted octanol–water partition coefficient (Wildman–Crippen LogP) is 1.30. The number of nitrogens with one attached hydrogen (secondary N) is 2. The lowest BCUT2D eigenvalue weighted by atomic mass is 10.1. The second-order valence-electron chi connectivity index (χ2n) is 7.63. The van der Waals surface area contributed by atoms with Gasteiger partial charge in [-0.15, -0.1) is 0 Å². The van der Waals surface area contributed by atoms with Crippen LogP contribution in [0.3, 0.4) is 0 Å². The average molecular weight is 471 g/mol. The molecule has 2 saturated heterocycles. The zero-order valence-electron chi connectivity index (χ0n) is 18.0. The van der Waals surface area contributed by atoms with Crippen molar-refractivity contribution in [2.75, 3.05) is 24.6 Å². The highest BCUT2D eigenvalue weighted by Crippen LogP contribution is 2.26. The first-order valence-electron chi connectivity index (χ1n) is 10.4. The van der Waals surface area contributed by atoms with Gasteiger partial charge in [-0.3, -0.25) is 15.5 Å². The number of carbonyl (C=O) groups is 2. The smallest absolute Gasteiger partial charge is 0.414 e. The lowest BCUT2D eigenvalue weighted by Crippen LogP contribution is -2.48. The number of nitrogens with two attached hydrogens (primary N) is 1. The Kier molecular flexibility index (Phi) is 6.80. The molecule has 0 spiro atoms. The number of esters is 1. The summed E-state index contributed by atoms with van der Waals surface area (Å²) in [6.45, 7) is 0.886. The van der Waals surface area contributed by atoms with Gasteiger partial charge in [-0.25, -0.2) is 19.2 Å². The number of carbonyl (C=O) groups excluding carboxylic acids is 2. The summed E-state index contributed by atoms with van der Waals surface area (Å²) in [5.41, 5.74) is 6.72. The Morgan fingerprint density at radius 2 is 2.12 bits per heavy atom. The fraction of sp³-hybridized carbons (Fsp3) is 0.333. The Bertz CT molecular complexity index is 1120. The Hall–Kier alpha value is -4.29. The quantitative estimate of drug-likeness (QED) is 0.233. The number of hydrogen-bond acceptors (Lipinski definition) is 10. The number of alkyl carbamates (subject to hydrolysis) is 1. The van der Waals surface area contributed by atoms with E-state index in [1.54, 1.807) is 12.1 Å². The molecule has 0 radical (unpaired) electrons. The van der Waals surface area contributed by atoms with Gasteiger partial charge in [0.1, 0.15) is 18.5 Å². The van der Waals surface area contributed by atoms with Gasteiger partial charge in [-0.05, 0) is 6.42 Å². The molecule has 0 bridgehead atoms. The Labute approximate surface area is 193 Å². The average Bonchev–Trinajstić information content (AvgIpc) is 3.19. The number of ether oxygens (including phenoxy) is 2. The number of halogens is 1. The molecule has 1 unspecified atom stereocenters. The Morgan fingerprint density at radius 1 is 1.35 bits per heavy atom. The van der Waals surface area contributed by atoms with Crippen LogP contribution in [0.25, 0.3) is 11.1 Å². The molecule has 178 valence electrons. The van der Waals surface area contributed by atoms with Crippen molar-refractivity contribution in [1.82, 2.24) is 15.3 Å². The van der Waals surface area contributed by atoms with Gasteiger partial charge in [0.05, 0.1) is 18.8 Å². The fourth-order valence-electron chi connectivity index (χ4n) is 3.33. The van der Waals surface area contributed by atoms with Gasteiger partial charge < -0.3 is 24.9 Å². The number of anilines is 1. The molecule has 1 aromatic heterocycles. The molecule has 1 aromatic carbocycles. The van der Waals surface area contributed by atoms with E-state index < -0.39 is 17.9 Å². The highest BCUT2D eigenvalue weighted by Gasteiger charge is 2.27. The van der Waals surface area contributed by atoms with Crippen LogP contribution in [0, 0.1) is 11.2 Å². The zero-order chi connectivity index (χ0) is 24.1. The number of benzene rings is 1. The molecule has 2 fully saturated rings. The Morgan fingerprint density at radius 3 is 2.79 bits per heavy atom. The van der Waals surface area contributed by atoms with Crippen LogP contribution in [-0.4, -0.2) is 59.5 Å². The van der Waals surface area contributed by atoms with E-state index in [0.29, 0.717) is 37.4 Å². The van der Waals surface area contributed by atoms with Gasteiger partial charge in [0.2, 0.25) is 5.95 Å². The molecule has 0 aliphatic carbocycles. The molecule has 4 N–H and O–H groups in total. The molecule has 2 aliphatic heterocycles. The summed E-state index contributed by atoms with van der Waals surface area (Å²) in [6.07, 6.45) is 2.87.